The number of hydrogen-bond donors (Lipinski definition) is 7. The molecule has 0 spiro atoms. The number of amidine groups is 1. The molecule has 284 valence electrons. The van der Waals surface area contributed by atoms with E-state index in [1.807, 2.05) is 13.8 Å². The number of nitrogen functional groups attached to an aromatic ring is 2. The standard InChI is InChI=1S/C26H31N7O5.2C2HF3O2/c1-4-37-26(36)38-20-10-18(9-19(27)11-20)21-13-31-24(32-15(2)3)25(35)33(21)14-22(34)30-12-16-5-7-17(8-6-16)23(28)29;2*3-2(4,5)1(6)7/h5-11,13,15H,4,12,14,27H2,1-3H3,(H3,28,29)(H,30,34)(H,31,32);2*(H,6,7). The summed E-state index contributed by atoms with van der Waals surface area (Å²) in [5.74, 6) is -5.78. The van der Waals surface area contributed by atoms with Crippen LogP contribution in [-0.4, -0.2) is 74.6 Å². The molecule has 0 radical (unpaired) electrons. The van der Waals surface area contributed by atoms with Gasteiger partial charge in [0.1, 0.15) is 18.1 Å². The highest BCUT2D eigenvalue weighted by Gasteiger charge is 2.38. The first-order valence-electron chi connectivity index (χ1n) is 14.4. The zero-order chi connectivity index (χ0) is 40.0. The lowest BCUT2D eigenvalue weighted by Gasteiger charge is -2.17. The molecular weight excluding hydrogens is 716 g/mol. The van der Waals surface area contributed by atoms with Gasteiger partial charge in [0.25, 0.3) is 5.56 Å². The first kappa shape index (κ1) is 43.7. The molecule has 0 bridgehead atoms. The van der Waals surface area contributed by atoms with Gasteiger partial charge >= 0.3 is 30.4 Å². The number of rotatable bonds is 10. The van der Waals surface area contributed by atoms with Crippen molar-refractivity contribution < 1.29 is 65.2 Å². The van der Waals surface area contributed by atoms with Gasteiger partial charge in [0.2, 0.25) is 5.91 Å². The van der Waals surface area contributed by atoms with E-state index in [1.165, 1.54) is 22.9 Å². The fourth-order valence-corrected chi connectivity index (χ4v) is 3.52. The first-order valence-corrected chi connectivity index (χ1v) is 14.4. The Labute approximate surface area is 289 Å². The number of benzene rings is 2. The van der Waals surface area contributed by atoms with Gasteiger partial charge in [0.15, 0.2) is 5.82 Å². The quantitative estimate of drug-likeness (QED) is 0.0390. The summed E-state index contributed by atoms with van der Waals surface area (Å²) in [4.78, 5) is 60.1. The molecule has 0 saturated heterocycles. The Bertz CT molecular complexity index is 1770. The van der Waals surface area contributed by atoms with Gasteiger partial charge in [-0.3, -0.25) is 19.6 Å². The van der Waals surface area contributed by atoms with Crippen LogP contribution in [0.4, 0.5) is 42.6 Å². The summed E-state index contributed by atoms with van der Waals surface area (Å²) in [6, 6.07) is 11.3. The van der Waals surface area contributed by atoms with Crippen molar-refractivity contribution in [3.63, 3.8) is 0 Å². The second kappa shape index (κ2) is 19.2. The Morgan fingerprint density at radius 1 is 0.981 bits per heavy atom. The monoisotopic (exact) mass is 749 g/mol. The van der Waals surface area contributed by atoms with Crippen LogP contribution in [0.5, 0.6) is 5.75 Å². The van der Waals surface area contributed by atoms with Crippen molar-refractivity contribution in [2.24, 2.45) is 5.73 Å². The van der Waals surface area contributed by atoms with Gasteiger partial charge in [-0.1, -0.05) is 24.3 Å². The number of halogens is 6. The van der Waals surface area contributed by atoms with E-state index in [9.17, 15) is 40.7 Å². The molecule has 0 aliphatic carbocycles. The van der Waals surface area contributed by atoms with Crippen LogP contribution in [0, 0.1) is 5.41 Å². The lowest BCUT2D eigenvalue weighted by atomic mass is 10.1. The third-order valence-electron chi connectivity index (χ3n) is 5.71. The molecule has 3 rings (SSSR count). The molecular formula is C30H33F6N7O9. The van der Waals surface area contributed by atoms with Crippen LogP contribution in [0.2, 0.25) is 0 Å². The van der Waals surface area contributed by atoms with Gasteiger partial charge in [-0.25, -0.2) is 19.4 Å². The molecule has 9 N–H and O–H groups in total. The van der Waals surface area contributed by atoms with Gasteiger partial charge in [-0.05, 0) is 38.5 Å². The summed E-state index contributed by atoms with van der Waals surface area (Å²) < 4.78 is 74.7. The van der Waals surface area contributed by atoms with E-state index < -0.39 is 41.9 Å². The molecule has 0 aliphatic heterocycles. The Morgan fingerprint density at radius 2 is 1.52 bits per heavy atom. The first-order chi connectivity index (χ1) is 24.0. The summed E-state index contributed by atoms with van der Waals surface area (Å²) in [5.41, 5.74) is 13.3. The number of carboxylic acids is 2. The summed E-state index contributed by atoms with van der Waals surface area (Å²) >= 11 is 0. The zero-order valence-corrected chi connectivity index (χ0v) is 27.4. The summed E-state index contributed by atoms with van der Waals surface area (Å²) in [5, 5.41) is 27.5. The van der Waals surface area contributed by atoms with Gasteiger partial charge in [0, 0.05) is 35.5 Å². The fourth-order valence-electron chi connectivity index (χ4n) is 3.52. The van der Waals surface area contributed by atoms with E-state index >= 15 is 0 Å². The number of alkyl halides is 6. The molecule has 22 heteroatoms. The molecule has 52 heavy (non-hydrogen) atoms. The number of carbonyl (C=O) groups is 4. The minimum atomic E-state index is -5.08. The SMILES string of the molecule is CCOC(=O)Oc1cc(N)cc(-c2cnc(NC(C)C)c(=O)n2CC(=O)NCc2ccc(C(=N)N)cc2)c1.O=C(O)C(F)(F)F.O=C(O)C(F)(F)F. The lowest BCUT2D eigenvalue weighted by molar-refractivity contribution is -0.193. The molecule has 16 nitrogen and oxygen atoms in total. The number of aliphatic carboxylic acids is 2. The van der Waals surface area contributed by atoms with Crippen LogP contribution >= 0.6 is 0 Å². The summed E-state index contributed by atoms with van der Waals surface area (Å²) in [6.07, 6.45) is -9.62. The second-order valence-electron chi connectivity index (χ2n) is 10.3. The molecule has 0 unspecified atom stereocenters. The van der Waals surface area contributed by atoms with E-state index in [1.54, 1.807) is 37.3 Å². The number of nitrogens with one attached hydrogen (secondary N) is 3. The smallest absolute Gasteiger partial charge is 0.475 e. The maximum atomic E-state index is 13.3. The number of nitrogens with zero attached hydrogens (tertiary/aromatic N) is 2. The van der Waals surface area contributed by atoms with Crippen molar-refractivity contribution in [3.05, 3.63) is 70.1 Å². The number of anilines is 2. The highest BCUT2D eigenvalue weighted by Crippen LogP contribution is 2.27. The van der Waals surface area contributed by atoms with E-state index in [0.29, 0.717) is 16.8 Å². The van der Waals surface area contributed by atoms with Crippen molar-refractivity contribution >= 4 is 41.3 Å². The Balaban J connectivity index is 0.000000812. The lowest BCUT2D eigenvalue weighted by Crippen LogP contribution is -2.35. The number of amides is 1. The molecule has 0 fully saturated rings. The van der Waals surface area contributed by atoms with Gasteiger partial charge < -0.3 is 41.8 Å². The molecule has 0 saturated carbocycles. The van der Waals surface area contributed by atoms with E-state index in [-0.39, 0.29) is 48.8 Å². The van der Waals surface area contributed by atoms with Crippen LogP contribution in [0.25, 0.3) is 11.3 Å². The fraction of sp³-hybridized carbons (Fsp3) is 0.300. The number of carboxylic acid groups (broad SMARTS) is 2. The van der Waals surface area contributed by atoms with Gasteiger partial charge in [0.05, 0.1) is 18.5 Å². The minimum absolute atomic E-state index is 0.0478. The van der Waals surface area contributed by atoms with Crippen LogP contribution in [0.15, 0.2) is 53.5 Å². The number of hydrogen-bond acceptors (Lipinski definition) is 11. The molecule has 1 heterocycles. The van der Waals surface area contributed by atoms with Crippen molar-refractivity contribution in [1.29, 1.82) is 5.41 Å². The van der Waals surface area contributed by atoms with Crippen LogP contribution in [-0.2, 0) is 32.2 Å². The molecule has 3 aromatic rings. The van der Waals surface area contributed by atoms with Crippen molar-refractivity contribution in [2.45, 2.75) is 52.3 Å². The average molecular weight is 750 g/mol. The van der Waals surface area contributed by atoms with E-state index in [2.05, 4.69) is 15.6 Å². The van der Waals surface area contributed by atoms with Crippen LogP contribution in [0.1, 0.15) is 31.9 Å². The zero-order valence-electron chi connectivity index (χ0n) is 27.4. The highest BCUT2D eigenvalue weighted by molar-refractivity contribution is 5.94. The summed E-state index contributed by atoms with van der Waals surface area (Å²) in [6.45, 7) is 5.41. The largest absolute Gasteiger partial charge is 0.513 e. The minimum Gasteiger partial charge on any atom is -0.475 e. The normalized spacial score (nSPS) is 10.8. The third-order valence-corrected chi connectivity index (χ3v) is 5.71. The molecule has 0 atom stereocenters. The van der Waals surface area contributed by atoms with Crippen molar-refractivity contribution in [2.75, 3.05) is 17.7 Å². The average Bonchev–Trinajstić information content (AvgIpc) is 3.01. The number of nitrogens with two attached hydrogens (primary N) is 2. The van der Waals surface area contributed by atoms with Gasteiger partial charge in [-0.2, -0.15) is 26.3 Å². The van der Waals surface area contributed by atoms with E-state index in [4.69, 9.17) is 46.2 Å². The molecule has 2 aromatic carbocycles. The second-order valence-corrected chi connectivity index (χ2v) is 10.3. The Morgan fingerprint density at radius 3 is 1.98 bits per heavy atom. The number of ether oxygens (including phenoxy) is 2. The molecule has 0 aliphatic rings. The number of aromatic nitrogens is 2. The van der Waals surface area contributed by atoms with Crippen molar-refractivity contribution in [3.8, 4) is 17.0 Å². The van der Waals surface area contributed by atoms with Crippen molar-refractivity contribution in [1.82, 2.24) is 14.9 Å². The molecule has 1 aromatic heterocycles. The van der Waals surface area contributed by atoms with Crippen LogP contribution in [0.3, 0.4) is 0 Å². The summed E-state index contributed by atoms with van der Waals surface area (Å²) in [7, 11) is 0. The predicted molar refractivity (Wildman–Crippen MR) is 171 cm³/mol. The number of carbonyl (C=O) groups excluding carboxylic acids is 2. The Kier molecular flexibility index (Phi) is 16.1. The Hall–Kier alpha value is -6.35. The highest BCUT2D eigenvalue weighted by atomic mass is 19.4. The third kappa shape index (κ3) is 15.0. The van der Waals surface area contributed by atoms with E-state index in [0.717, 1.165) is 5.56 Å². The van der Waals surface area contributed by atoms with Crippen LogP contribution < -0.4 is 32.4 Å². The maximum absolute atomic E-state index is 13.3. The predicted octanol–water partition coefficient (Wildman–Crippen LogP) is 3.72. The van der Waals surface area contributed by atoms with Gasteiger partial charge in [-0.15, -0.1) is 0 Å². The molecule has 1 amide bonds. The maximum Gasteiger partial charge on any atom is 0.513 e. The topological polar surface area (TPSA) is 262 Å².